The van der Waals surface area contributed by atoms with Crippen LogP contribution in [0.3, 0.4) is 0 Å². The van der Waals surface area contributed by atoms with Gasteiger partial charge in [0.15, 0.2) is 11.6 Å². The summed E-state index contributed by atoms with van der Waals surface area (Å²) in [4.78, 5) is 0. The monoisotopic (exact) mass is 248 g/mol. The number of benzene rings is 2. The van der Waals surface area contributed by atoms with Gasteiger partial charge in [-0.15, -0.1) is 0 Å². The van der Waals surface area contributed by atoms with E-state index in [2.05, 4.69) is 0 Å². The van der Waals surface area contributed by atoms with E-state index in [-0.39, 0.29) is 0 Å². The molecule has 0 aliphatic heterocycles. The van der Waals surface area contributed by atoms with E-state index in [0.717, 1.165) is 10.8 Å². The van der Waals surface area contributed by atoms with Gasteiger partial charge in [0.25, 0.3) is 0 Å². The first-order valence-electron chi connectivity index (χ1n) is 5.62. The molecule has 0 heterocycles. The highest BCUT2D eigenvalue weighted by Gasteiger charge is 2.20. The normalized spacial score (nSPS) is 13.0. The van der Waals surface area contributed by atoms with Crippen molar-refractivity contribution in [1.29, 1.82) is 0 Å². The van der Waals surface area contributed by atoms with Crippen molar-refractivity contribution in [3.05, 3.63) is 47.5 Å². The quantitative estimate of drug-likeness (QED) is 0.601. The Morgan fingerprint density at radius 1 is 0.667 bits per heavy atom. The van der Waals surface area contributed by atoms with Crippen LogP contribution in [0.1, 0.15) is 25.0 Å². The number of aliphatic hydroxyl groups is 4. The van der Waals surface area contributed by atoms with Crippen molar-refractivity contribution in [2.45, 2.75) is 25.4 Å². The summed E-state index contributed by atoms with van der Waals surface area (Å²) in [5.41, 5.74) is 0.775. The summed E-state index contributed by atoms with van der Waals surface area (Å²) in [5.74, 6) is -3.76. The second-order valence-corrected chi connectivity index (χ2v) is 4.82. The minimum Gasteiger partial charge on any atom is -0.362 e. The third kappa shape index (κ3) is 2.52. The van der Waals surface area contributed by atoms with Crippen LogP contribution in [0.4, 0.5) is 0 Å². The number of hydrogen-bond donors (Lipinski definition) is 4. The lowest BCUT2D eigenvalue weighted by Gasteiger charge is -2.19. The molecule has 2 aromatic rings. The molecular weight excluding hydrogens is 232 g/mol. The Labute approximate surface area is 105 Å². The standard InChI is InChI=1S/C14H16O4/c1-13(15,16)11-5-3-10-8-12(14(2,17)18)6-4-9(10)7-11/h3-8,15-18H,1-2H3. The fraction of sp³-hybridized carbons (Fsp3) is 0.286. The number of fused-ring (bicyclic) bond motifs is 1. The minimum atomic E-state index is -1.88. The lowest BCUT2D eigenvalue weighted by Crippen LogP contribution is -2.20. The molecule has 0 spiro atoms. The SMILES string of the molecule is CC(O)(O)c1ccc2cc(C(C)(O)O)ccc2c1. The zero-order valence-corrected chi connectivity index (χ0v) is 10.3. The van der Waals surface area contributed by atoms with Gasteiger partial charge >= 0.3 is 0 Å². The lowest BCUT2D eigenvalue weighted by molar-refractivity contribution is -0.153. The third-order valence-corrected chi connectivity index (χ3v) is 2.93. The largest absolute Gasteiger partial charge is 0.362 e. The molecule has 0 saturated heterocycles. The fourth-order valence-corrected chi connectivity index (χ4v) is 1.83. The van der Waals surface area contributed by atoms with E-state index in [1.165, 1.54) is 13.8 Å². The molecule has 2 rings (SSSR count). The van der Waals surface area contributed by atoms with Crippen LogP contribution in [0.5, 0.6) is 0 Å². The van der Waals surface area contributed by atoms with Crippen molar-refractivity contribution in [2.24, 2.45) is 0 Å². The Kier molecular flexibility index (Phi) is 2.91. The maximum Gasteiger partial charge on any atom is 0.186 e. The highest BCUT2D eigenvalue weighted by atomic mass is 16.5. The summed E-state index contributed by atoms with van der Waals surface area (Å²) in [5, 5.41) is 39.6. The summed E-state index contributed by atoms with van der Waals surface area (Å²) in [6.45, 7) is 2.59. The molecule has 4 heteroatoms. The highest BCUT2D eigenvalue weighted by Crippen LogP contribution is 2.26. The summed E-state index contributed by atoms with van der Waals surface area (Å²) >= 11 is 0. The summed E-state index contributed by atoms with van der Waals surface area (Å²) in [6.07, 6.45) is 0. The summed E-state index contributed by atoms with van der Waals surface area (Å²) in [6, 6.07) is 9.93. The first kappa shape index (κ1) is 13.0. The van der Waals surface area contributed by atoms with Crippen LogP contribution in [0, 0.1) is 0 Å². The van der Waals surface area contributed by atoms with Crippen molar-refractivity contribution in [3.63, 3.8) is 0 Å². The number of rotatable bonds is 2. The second kappa shape index (κ2) is 4.03. The number of hydrogen-bond acceptors (Lipinski definition) is 4. The van der Waals surface area contributed by atoms with Gasteiger partial charge in [0, 0.05) is 11.1 Å². The van der Waals surface area contributed by atoms with Gasteiger partial charge in [-0.1, -0.05) is 24.3 Å². The van der Waals surface area contributed by atoms with Crippen LogP contribution < -0.4 is 0 Å². The van der Waals surface area contributed by atoms with Gasteiger partial charge in [0.05, 0.1) is 0 Å². The molecule has 18 heavy (non-hydrogen) atoms. The molecule has 0 amide bonds. The second-order valence-electron chi connectivity index (χ2n) is 4.82. The molecule has 0 fully saturated rings. The fourth-order valence-electron chi connectivity index (χ4n) is 1.83. The molecule has 96 valence electrons. The molecule has 4 nitrogen and oxygen atoms in total. The topological polar surface area (TPSA) is 80.9 Å². The van der Waals surface area contributed by atoms with Gasteiger partial charge in [-0.2, -0.15) is 0 Å². The van der Waals surface area contributed by atoms with E-state index in [0.29, 0.717) is 11.1 Å². The van der Waals surface area contributed by atoms with Gasteiger partial charge in [0.1, 0.15) is 0 Å². The van der Waals surface area contributed by atoms with Gasteiger partial charge in [-0.3, -0.25) is 0 Å². The maximum absolute atomic E-state index is 9.51. The van der Waals surface area contributed by atoms with Crippen molar-refractivity contribution in [2.75, 3.05) is 0 Å². The van der Waals surface area contributed by atoms with Gasteiger partial charge in [-0.05, 0) is 36.8 Å². The zero-order chi connectivity index (χ0) is 13.6. The predicted molar refractivity (Wildman–Crippen MR) is 67.5 cm³/mol. The average molecular weight is 248 g/mol. The van der Waals surface area contributed by atoms with Crippen LogP contribution in [0.15, 0.2) is 36.4 Å². The van der Waals surface area contributed by atoms with E-state index in [1.807, 2.05) is 0 Å². The predicted octanol–water partition coefficient (Wildman–Crippen LogP) is 1.15. The van der Waals surface area contributed by atoms with Crippen molar-refractivity contribution in [1.82, 2.24) is 0 Å². The molecule has 0 aliphatic rings. The molecule has 0 aliphatic carbocycles. The van der Waals surface area contributed by atoms with E-state index in [4.69, 9.17) is 0 Å². The Morgan fingerprint density at radius 2 is 1.00 bits per heavy atom. The van der Waals surface area contributed by atoms with Crippen LogP contribution in [-0.2, 0) is 11.6 Å². The summed E-state index contributed by atoms with van der Waals surface area (Å²) in [7, 11) is 0. The van der Waals surface area contributed by atoms with Crippen molar-refractivity contribution >= 4 is 10.8 Å². The smallest absolute Gasteiger partial charge is 0.186 e. The van der Waals surface area contributed by atoms with E-state index in [9.17, 15) is 20.4 Å². The van der Waals surface area contributed by atoms with Crippen molar-refractivity contribution < 1.29 is 20.4 Å². The summed E-state index contributed by atoms with van der Waals surface area (Å²) < 4.78 is 0. The van der Waals surface area contributed by atoms with Crippen LogP contribution in [0.25, 0.3) is 10.8 Å². The minimum absolute atomic E-state index is 0.388. The molecule has 0 unspecified atom stereocenters. The molecular formula is C14H16O4. The Morgan fingerprint density at radius 3 is 1.28 bits per heavy atom. The van der Waals surface area contributed by atoms with Crippen molar-refractivity contribution in [3.8, 4) is 0 Å². The first-order valence-corrected chi connectivity index (χ1v) is 5.62. The van der Waals surface area contributed by atoms with Gasteiger partial charge in [-0.25, -0.2) is 0 Å². The van der Waals surface area contributed by atoms with Crippen LogP contribution in [0.2, 0.25) is 0 Å². The zero-order valence-electron chi connectivity index (χ0n) is 10.3. The van der Waals surface area contributed by atoms with Gasteiger partial charge in [0.2, 0.25) is 0 Å². The molecule has 0 saturated carbocycles. The third-order valence-electron chi connectivity index (χ3n) is 2.93. The van der Waals surface area contributed by atoms with E-state index < -0.39 is 11.6 Å². The highest BCUT2D eigenvalue weighted by molar-refractivity contribution is 5.84. The Bertz CT molecular complexity index is 523. The van der Waals surface area contributed by atoms with Crippen LogP contribution >= 0.6 is 0 Å². The van der Waals surface area contributed by atoms with Crippen LogP contribution in [-0.4, -0.2) is 20.4 Å². The molecule has 2 aromatic carbocycles. The maximum atomic E-state index is 9.51. The molecule has 0 atom stereocenters. The lowest BCUT2D eigenvalue weighted by atomic mass is 9.98. The Hall–Kier alpha value is -1.46. The molecule has 0 aromatic heterocycles. The first-order chi connectivity index (χ1) is 8.18. The Balaban J connectivity index is 2.56. The molecule has 0 bridgehead atoms. The van der Waals surface area contributed by atoms with Gasteiger partial charge < -0.3 is 20.4 Å². The van der Waals surface area contributed by atoms with E-state index in [1.54, 1.807) is 36.4 Å². The average Bonchev–Trinajstić information content (AvgIpc) is 2.25. The molecule has 0 radical (unpaired) electrons. The van der Waals surface area contributed by atoms with E-state index >= 15 is 0 Å². The molecule has 4 N–H and O–H groups in total.